The molecule has 0 unspecified atom stereocenters. The van der Waals surface area contributed by atoms with E-state index in [0.717, 1.165) is 10.1 Å². The van der Waals surface area contributed by atoms with Gasteiger partial charge in [-0.1, -0.05) is 30.3 Å². The number of carbonyl (C=O) groups is 1. The van der Waals surface area contributed by atoms with Crippen molar-refractivity contribution >= 4 is 27.2 Å². The molecule has 1 aromatic heterocycles. The normalized spacial score (nSPS) is 10.7. The maximum atomic E-state index is 13.1. The van der Waals surface area contributed by atoms with Crippen molar-refractivity contribution in [3.05, 3.63) is 70.9 Å². The molecular weight excluding hydrogens is 247 g/mol. The molecular formula is C15H9FOS. The van der Waals surface area contributed by atoms with Gasteiger partial charge in [0.15, 0.2) is 0 Å². The van der Waals surface area contributed by atoms with Crippen molar-refractivity contribution in [2.75, 3.05) is 0 Å². The molecule has 18 heavy (non-hydrogen) atoms. The lowest BCUT2D eigenvalue weighted by atomic mass is 10.1. The highest BCUT2D eigenvalue weighted by molar-refractivity contribution is 7.21. The molecule has 0 saturated heterocycles. The number of halogens is 1. The van der Waals surface area contributed by atoms with Gasteiger partial charge < -0.3 is 0 Å². The molecule has 0 saturated carbocycles. The van der Waals surface area contributed by atoms with Crippen molar-refractivity contribution in [2.24, 2.45) is 0 Å². The van der Waals surface area contributed by atoms with Crippen LogP contribution < -0.4 is 0 Å². The molecule has 0 radical (unpaired) electrons. The van der Waals surface area contributed by atoms with Gasteiger partial charge in [0.25, 0.3) is 0 Å². The third-order valence-corrected chi connectivity index (χ3v) is 3.85. The quantitative estimate of drug-likeness (QED) is 0.626. The van der Waals surface area contributed by atoms with E-state index in [0.29, 0.717) is 10.4 Å². The maximum Gasteiger partial charge on any atom is 0.202 e. The van der Waals surface area contributed by atoms with E-state index >= 15 is 0 Å². The van der Waals surface area contributed by atoms with E-state index in [1.165, 1.54) is 23.5 Å². The molecule has 0 fully saturated rings. The van der Waals surface area contributed by atoms with Crippen LogP contribution in [0.3, 0.4) is 0 Å². The molecule has 1 nitrogen and oxygen atoms in total. The highest BCUT2D eigenvalue weighted by atomic mass is 32.1. The molecule has 0 aliphatic rings. The summed E-state index contributed by atoms with van der Waals surface area (Å²) in [4.78, 5) is 12.9. The number of benzene rings is 2. The lowest BCUT2D eigenvalue weighted by Gasteiger charge is -1.95. The average molecular weight is 256 g/mol. The third-order valence-electron chi connectivity index (χ3n) is 2.74. The van der Waals surface area contributed by atoms with E-state index in [1.807, 2.05) is 18.2 Å². The Labute approximate surface area is 108 Å². The zero-order valence-electron chi connectivity index (χ0n) is 9.39. The van der Waals surface area contributed by atoms with Gasteiger partial charge >= 0.3 is 0 Å². The zero-order chi connectivity index (χ0) is 12.5. The highest BCUT2D eigenvalue weighted by Crippen LogP contribution is 2.27. The van der Waals surface area contributed by atoms with Crippen LogP contribution in [-0.4, -0.2) is 5.78 Å². The van der Waals surface area contributed by atoms with Gasteiger partial charge in [-0.3, -0.25) is 4.79 Å². The first kappa shape index (κ1) is 11.1. The lowest BCUT2D eigenvalue weighted by Crippen LogP contribution is -1.97. The Bertz CT molecular complexity index is 716. The fourth-order valence-electron chi connectivity index (χ4n) is 1.86. The molecule has 0 aliphatic heterocycles. The van der Waals surface area contributed by atoms with Crippen molar-refractivity contribution < 1.29 is 9.18 Å². The van der Waals surface area contributed by atoms with E-state index in [4.69, 9.17) is 0 Å². The minimum atomic E-state index is -0.279. The van der Waals surface area contributed by atoms with Gasteiger partial charge in [-0.05, 0) is 29.7 Å². The van der Waals surface area contributed by atoms with E-state index in [1.54, 1.807) is 24.3 Å². The Morgan fingerprint density at radius 2 is 1.78 bits per heavy atom. The van der Waals surface area contributed by atoms with Crippen molar-refractivity contribution in [3.63, 3.8) is 0 Å². The van der Waals surface area contributed by atoms with E-state index in [9.17, 15) is 9.18 Å². The first-order chi connectivity index (χ1) is 8.74. The zero-order valence-corrected chi connectivity index (χ0v) is 10.2. The van der Waals surface area contributed by atoms with Crippen LogP contribution in [0.15, 0.2) is 54.6 Å². The van der Waals surface area contributed by atoms with Gasteiger partial charge in [-0.25, -0.2) is 4.39 Å². The molecule has 0 spiro atoms. The monoisotopic (exact) mass is 256 g/mol. The summed E-state index contributed by atoms with van der Waals surface area (Å²) >= 11 is 1.39. The number of carbonyl (C=O) groups excluding carboxylic acids is 1. The van der Waals surface area contributed by atoms with Gasteiger partial charge in [0.05, 0.1) is 4.88 Å². The number of fused-ring (bicyclic) bond motifs is 1. The van der Waals surface area contributed by atoms with E-state index in [-0.39, 0.29) is 11.6 Å². The summed E-state index contributed by atoms with van der Waals surface area (Å²) in [6.07, 6.45) is 0. The molecule has 88 valence electrons. The van der Waals surface area contributed by atoms with Crippen molar-refractivity contribution in [1.29, 1.82) is 0 Å². The molecule has 3 heteroatoms. The van der Waals surface area contributed by atoms with Crippen LogP contribution in [0.25, 0.3) is 10.1 Å². The Morgan fingerprint density at radius 1 is 1.00 bits per heavy atom. The number of thiophene rings is 1. The fraction of sp³-hybridized carbons (Fsp3) is 0. The Kier molecular flexibility index (Phi) is 2.68. The molecule has 0 atom stereocenters. The van der Waals surface area contributed by atoms with E-state index < -0.39 is 0 Å². The SMILES string of the molecule is O=C(c1ccccc1)c1cc2cc(F)ccc2s1. The van der Waals surface area contributed by atoms with Crippen LogP contribution in [0, 0.1) is 5.82 Å². The summed E-state index contributed by atoms with van der Waals surface area (Å²) in [7, 11) is 0. The molecule has 0 N–H and O–H groups in total. The molecule has 0 amide bonds. The first-order valence-electron chi connectivity index (χ1n) is 5.53. The third kappa shape index (κ3) is 1.93. The Hall–Kier alpha value is -2.00. The second kappa shape index (κ2) is 4.35. The van der Waals surface area contributed by atoms with Crippen LogP contribution in [0.5, 0.6) is 0 Å². The molecule has 0 aliphatic carbocycles. The van der Waals surface area contributed by atoms with Crippen LogP contribution in [0.2, 0.25) is 0 Å². The van der Waals surface area contributed by atoms with Crippen LogP contribution in [0.4, 0.5) is 4.39 Å². The summed E-state index contributed by atoms with van der Waals surface area (Å²) in [5.41, 5.74) is 0.657. The minimum Gasteiger partial charge on any atom is -0.288 e. The minimum absolute atomic E-state index is 0.0165. The van der Waals surface area contributed by atoms with Gasteiger partial charge in [0, 0.05) is 10.3 Å². The van der Waals surface area contributed by atoms with Gasteiger partial charge in [-0.2, -0.15) is 0 Å². The Morgan fingerprint density at radius 3 is 2.56 bits per heavy atom. The average Bonchev–Trinajstić information content (AvgIpc) is 2.81. The van der Waals surface area contributed by atoms with Gasteiger partial charge in [0.2, 0.25) is 5.78 Å². The molecule has 2 aromatic carbocycles. The number of hydrogen-bond acceptors (Lipinski definition) is 2. The second-order valence-corrected chi connectivity index (χ2v) is 5.07. The smallest absolute Gasteiger partial charge is 0.202 e. The predicted octanol–water partition coefficient (Wildman–Crippen LogP) is 4.27. The summed E-state index contributed by atoms with van der Waals surface area (Å²) in [5, 5.41) is 0.777. The van der Waals surface area contributed by atoms with Crippen molar-refractivity contribution in [3.8, 4) is 0 Å². The molecule has 3 rings (SSSR count). The number of rotatable bonds is 2. The highest BCUT2D eigenvalue weighted by Gasteiger charge is 2.12. The standard InChI is InChI=1S/C15H9FOS/c16-12-6-7-13-11(8-12)9-14(18-13)15(17)10-4-2-1-3-5-10/h1-9H. The summed E-state index contributed by atoms with van der Waals surface area (Å²) in [5.74, 6) is -0.295. The van der Waals surface area contributed by atoms with Crippen LogP contribution in [0.1, 0.15) is 15.2 Å². The second-order valence-electron chi connectivity index (χ2n) is 3.99. The van der Waals surface area contributed by atoms with Crippen LogP contribution in [-0.2, 0) is 0 Å². The van der Waals surface area contributed by atoms with E-state index in [2.05, 4.69) is 0 Å². The number of ketones is 1. The summed E-state index contributed by atoms with van der Waals surface area (Å²) < 4.78 is 14.0. The van der Waals surface area contributed by atoms with Crippen molar-refractivity contribution in [1.82, 2.24) is 0 Å². The Balaban J connectivity index is 2.07. The molecule has 0 bridgehead atoms. The largest absolute Gasteiger partial charge is 0.288 e. The van der Waals surface area contributed by atoms with Gasteiger partial charge in [-0.15, -0.1) is 11.3 Å². The summed E-state index contributed by atoms with van der Waals surface area (Å²) in [6.45, 7) is 0. The van der Waals surface area contributed by atoms with Crippen molar-refractivity contribution in [2.45, 2.75) is 0 Å². The topological polar surface area (TPSA) is 17.1 Å². The molecule has 3 aromatic rings. The fourth-order valence-corrected chi connectivity index (χ4v) is 2.86. The number of hydrogen-bond donors (Lipinski definition) is 0. The summed E-state index contributed by atoms with van der Waals surface area (Å²) in [6, 6.07) is 15.4. The first-order valence-corrected chi connectivity index (χ1v) is 6.34. The van der Waals surface area contributed by atoms with Crippen LogP contribution >= 0.6 is 11.3 Å². The lowest BCUT2D eigenvalue weighted by molar-refractivity contribution is 0.104. The predicted molar refractivity (Wildman–Crippen MR) is 71.7 cm³/mol. The maximum absolute atomic E-state index is 13.1. The molecule has 1 heterocycles. The van der Waals surface area contributed by atoms with Gasteiger partial charge in [0.1, 0.15) is 5.82 Å².